The van der Waals surface area contributed by atoms with Crippen LogP contribution in [0.3, 0.4) is 0 Å². The van der Waals surface area contributed by atoms with Crippen molar-refractivity contribution in [2.75, 3.05) is 26.2 Å². The summed E-state index contributed by atoms with van der Waals surface area (Å²) < 4.78 is 27.3. The largest absolute Gasteiger partial charge is 0.507 e. The Balaban J connectivity index is 1.48. The SMILES string of the molecule is Cc1ccc(S(=O)(=O)N2CC[NH+](Cc3c(O)ccc4ccccc34)CC2)cc1. The molecule has 1 heterocycles. The lowest BCUT2D eigenvalue weighted by Gasteiger charge is -2.31. The summed E-state index contributed by atoms with van der Waals surface area (Å²) in [5.41, 5.74) is 1.98. The molecule has 146 valence electrons. The normalized spacial score (nSPS) is 16.5. The third-order valence-electron chi connectivity index (χ3n) is 5.53. The highest BCUT2D eigenvalue weighted by Crippen LogP contribution is 2.26. The van der Waals surface area contributed by atoms with Crippen molar-refractivity contribution in [3.63, 3.8) is 0 Å². The average Bonchev–Trinajstić information content (AvgIpc) is 2.71. The molecule has 0 bridgehead atoms. The number of piperazine rings is 1. The first kappa shape index (κ1) is 18.9. The van der Waals surface area contributed by atoms with Crippen molar-refractivity contribution >= 4 is 20.8 Å². The fourth-order valence-corrected chi connectivity index (χ4v) is 5.28. The lowest BCUT2D eigenvalue weighted by atomic mass is 10.0. The van der Waals surface area contributed by atoms with E-state index in [1.807, 2.05) is 49.4 Å². The molecule has 4 rings (SSSR count). The molecule has 5 nitrogen and oxygen atoms in total. The van der Waals surface area contributed by atoms with Gasteiger partial charge in [0.15, 0.2) is 0 Å². The Kier molecular flexibility index (Phi) is 5.10. The van der Waals surface area contributed by atoms with E-state index >= 15 is 0 Å². The smallest absolute Gasteiger partial charge is 0.243 e. The molecular formula is C22H25N2O3S+. The number of quaternary nitrogens is 1. The Labute approximate surface area is 165 Å². The Morgan fingerprint density at radius 3 is 2.36 bits per heavy atom. The number of phenolic OH excluding ortho intramolecular Hbond substituents is 1. The molecule has 0 saturated carbocycles. The van der Waals surface area contributed by atoms with Crippen LogP contribution in [0.2, 0.25) is 0 Å². The minimum absolute atomic E-state index is 0.306. The zero-order valence-electron chi connectivity index (χ0n) is 15.9. The molecule has 0 spiro atoms. The first-order valence-electron chi connectivity index (χ1n) is 9.55. The van der Waals surface area contributed by atoms with Crippen LogP contribution in [-0.4, -0.2) is 44.0 Å². The number of benzene rings is 3. The van der Waals surface area contributed by atoms with E-state index in [9.17, 15) is 13.5 Å². The number of sulfonamides is 1. The molecule has 28 heavy (non-hydrogen) atoms. The molecule has 6 heteroatoms. The molecule has 0 unspecified atom stereocenters. The van der Waals surface area contributed by atoms with E-state index in [0.29, 0.717) is 43.4 Å². The summed E-state index contributed by atoms with van der Waals surface area (Å²) in [4.78, 5) is 1.63. The molecule has 3 aromatic carbocycles. The van der Waals surface area contributed by atoms with Crippen LogP contribution in [0.15, 0.2) is 65.6 Å². The van der Waals surface area contributed by atoms with Gasteiger partial charge in [0.2, 0.25) is 10.0 Å². The Morgan fingerprint density at radius 2 is 1.64 bits per heavy atom. The number of nitrogens with zero attached hydrogens (tertiary/aromatic N) is 1. The van der Waals surface area contributed by atoms with Gasteiger partial charge < -0.3 is 10.0 Å². The van der Waals surface area contributed by atoms with Gasteiger partial charge in [0, 0.05) is 0 Å². The zero-order valence-corrected chi connectivity index (χ0v) is 16.7. The Hall–Kier alpha value is -2.41. The zero-order chi connectivity index (χ0) is 19.7. The maximum atomic E-state index is 12.9. The maximum absolute atomic E-state index is 12.9. The predicted molar refractivity (Wildman–Crippen MR) is 110 cm³/mol. The van der Waals surface area contributed by atoms with Gasteiger partial charge in [-0.25, -0.2) is 8.42 Å². The standard InChI is InChI=1S/C22H24N2O3S/c1-17-6-9-19(10-7-17)28(26,27)24-14-12-23(13-15-24)16-21-20-5-3-2-4-18(20)8-11-22(21)25/h2-11,25H,12-16H2,1H3/p+1. The third-order valence-corrected chi connectivity index (χ3v) is 7.44. The number of rotatable bonds is 4. The lowest BCUT2D eigenvalue weighted by molar-refractivity contribution is -0.917. The third kappa shape index (κ3) is 3.63. The summed E-state index contributed by atoms with van der Waals surface area (Å²) in [7, 11) is -3.45. The monoisotopic (exact) mass is 397 g/mol. The molecule has 3 aromatic rings. The van der Waals surface area contributed by atoms with Gasteiger partial charge in [0.05, 0.1) is 36.6 Å². The molecule has 0 radical (unpaired) electrons. The van der Waals surface area contributed by atoms with E-state index < -0.39 is 10.0 Å². The number of aryl methyl sites for hydroxylation is 1. The van der Waals surface area contributed by atoms with E-state index in [-0.39, 0.29) is 0 Å². The van der Waals surface area contributed by atoms with Crippen LogP contribution in [0.4, 0.5) is 0 Å². The van der Waals surface area contributed by atoms with E-state index in [2.05, 4.69) is 0 Å². The quantitative estimate of drug-likeness (QED) is 0.707. The van der Waals surface area contributed by atoms with Crippen molar-refractivity contribution in [2.45, 2.75) is 18.4 Å². The molecule has 1 aliphatic heterocycles. The molecule has 0 aliphatic carbocycles. The first-order valence-corrected chi connectivity index (χ1v) is 11.0. The first-order chi connectivity index (χ1) is 13.4. The van der Waals surface area contributed by atoms with E-state index in [1.54, 1.807) is 22.5 Å². The van der Waals surface area contributed by atoms with Crippen molar-refractivity contribution in [2.24, 2.45) is 0 Å². The molecule has 1 saturated heterocycles. The van der Waals surface area contributed by atoms with Crippen LogP contribution in [0, 0.1) is 6.92 Å². The van der Waals surface area contributed by atoms with Gasteiger partial charge in [-0.15, -0.1) is 0 Å². The van der Waals surface area contributed by atoms with Crippen LogP contribution in [0.5, 0.6) is 5.75 Å². The van der Waals surface area contributed by atoms with Crippen LogP contribution in [0.25, 0.3) is 10.8 Å². The number of nitrogens with one attached hydrogen (secondary N) is 1. The topological polar surface area (TPSA) is 62.0 Å². The highest BCUT2D eigenvalue weighted by atomic mass is 32.2. The van der Waals surface area contributed by atoms with Crippen LogP contribution >= 0.6 is 0 Å². The van der Waals surface area contributed by atoms with Gasteiger partial charge in [-0.05, 0) is 35.9 Å². The van der Waals surface area contributed by atoms with E-state index in [4.69, 9.17) is 0 Å². The fourth-order valence-electron chi connectivity index (χ4n) is 3.84. The van der Waals surface area contributed by atoms with Gasteiger partial charge in [-0.2, -0.15) is 4.31 Å². The summed E-state index contributed by atoms with van der Waals surface area (Å²) in [6.45, 7) is 5.03. The number of phenols is 1. The second kappa shape index (κ2) is 7.54. The molecular weight excluding hydrogens is 372 g/mol. The van der Waals surface area contributed by atoms with E-state index in [0.717, 1.165) is 21.9 Å². The van der Waals surface area contributed by atoms with Gasteiger partial charge >= 0.3 is 0 Å². The molecule has 0 atom stereocenters. The predicted octanol–water partition coefficient (Wildman–Crippen LogP) is 1.94. The van der Waals surface area contributed by atoms with Gasteiger partial charge in [-0.3, -0.25) is 0 Å². The maximum Gasteiger partial charge on any atom is 0.243 e. The summed E-state index contributed by atoms with van der Waals surface area (Å²) in [5.74, 6) is 0.306. The number of fused-ring (bicyclic) bond motifs is 1. The van der Waals surface area contributed by atoms with E-state index in [1.165, 1.54) is 4.90 Å². The summed E-state index contributed by atoms with van der Waals surface area (Å²) in [6, 6.07) is 18.7. The molecule has 1 aliphatic rings. The number of hydrogen-bond acceptors (Lipinski definition) is 3. The molecule has 2 N–H and O–H groups in total. The lowest BCUT2D eigenvalue weighted by Crippen LogP contribution is -3.13. The van der Waals surface area contributed by atoms with Crippen molar-refractivity contribution in [3.8, 4) is 5.75 Å². The summed E-state index contributed by atoms with van der Waals surface area (Å²) in [6.07, 6.45) is 0. The minimum atomic E-state index is -3.45. The van der Waals surface area contributed by atoms with Crippen molar-refractivity contribution in [1.29, 1.82) is 0 Å². The molecule has 1 fully saturated rings. The molecule has 0 amide bonds. The van der Waals surface area contributed by atoms with Gasteiger partial charge in [0.1, 0.15) is 12.3 Å². The number of hydrogen-bond donors (Lipinski definition) is 2. The van der Waals surface area contributed by atoms with Crippen LogP contribution < -0.4 is 4.90 Å². The highest BCUT2D eigenvalue weighted by molar-refractivity contribution is 7.89. The number of aromatic hydroxyl groups is 1. The minimum Gasteiger partial charge on any atom is -0.507 e. The van der Waals surface area contributed by atoms with Crippen molar-refractivity contribution in [1.82, 2.24) is 4.31 Å². The Morgan fingerprint density at radius 1 is 0.964 bits per heavy atom. The van der Waals surface area contributed by atoms with Gasteiger partial charge in [-0.1, -0.05) is 48.0 Å². The Bertz CT molecular complexity index is 1090. The van der Waals surface area contributed by atoms with Crippen molar-refractivity contribution < 1.29 is 18.4 Å². The van der Waals surface area contributed by atoms with Crippen molar-refractivity contribution in [3.05, 3.63) is 71.8 Å². The molecule has 0 aromatic heterocycles. The summed E-state index contributed by atoms with van der Waals surface area (Å²) >= 11 is 0. The van der Waals surface area contributed by atoms with Crippen LogP contribution in [-0.2, 0) is 16.6 Å². The van der Waals surface area contributed by atoms with Gasteiger partial charge in [0.25, 0.3) is 0 Å². The van der Waals surface area contributed by atoms with Crippen LogP contribution in [0.1, 0.15) is 11.1 Å². The average molecular weight is 398 g/mol. The highest BCUT2D eigenvalue weighted by Gasteiger charge is 2.30. The second-order valence-corrected chi connectivity index (χ2v) is 9.37. The summed E-state index contributed by atoms with van der Waals surface area (Å²) in [5, 5.41) is 12.5. The second-order valence-electron chi connectivity index (χ2n) is 7.43. The fraction of sp³-hybridized carbons (Fsp3) is 0.273.